The second-order valence-electron chi connectivity index (χ2n) is 3.84. The number of aromatic carboxylic acids is 1. The Bertz CT molecular complexity index is 536. The van der Waals surface area contributed by atoms with Crippen molar-refractivity contribution in [2.45, 2.75) is 13.1 Å². The maximum atomic E-state index is 12.7. The van der Waals surface area contributed by atoms with E-state index in [9.17, 15) is 9.18 Å². The molecular weight excluding hydrogens is 253 g/mol. The zero-order valence-electron chi connectivity index (χ0n) is 9.52. The van der Waals surface area contributed by atoms with Gasteiger partial charge in [-0.15, -0.1) is 11.3 Å². The minimum Gasteiger partial charge on any atom is -0.478 e. The van der Waals surface area contributed by atoms with Crippen molar-refractivity contribution >= 4 is 17.3 Å². The van der Waals surface area contributed by atoms with Crippen molar-refractivity contribution in [3.63, 3.8) is 0 Å². The van der Waals surface area contributed by atoms with Crippen LogP contribution in [0, 0.1) is 5.82 Å². The normalized spacial score (nSPS) is 10.5. The van der Waals surface area contributed by atoms with Crippen LogP contribution in [0.3, 0.4) is 0 Å². The third kappa shape index (κ3) is 3.38. The number of halogens is 1. The zero-order chi connectivity index (χ0) is 13.0. The van der Waals surface area contributed by atoms with Crippen LogP contribution in [0.4, 0.5) is 4.39 Å². The summed E-state index contributed by atoms with van der Waals surface area (Å²) in [6.45, 7) is 1.23. The quantitative estimate of drug-likeness (QED) is 0.874. The van der Waals surface area contributed by atoms with E-state index in [1.807, 2.05) is 0 Å². The molecule has 0 aliphatic carbocycles. The average Bonchev–Trinajstić information content (AvgIpc) is 2.81. The maximum absolute atomic E-state index is 12.7. The monoisotopic (exact) mass is 265 g/mol. The van der Waals surface area contributed by atoms with Crippen molar-refractivity contribution in [3.8, 4) is 0 Å². The second-order valence-corrected chi connectivity index (χ2v) is 4.83. The maximum Gasteiger partial charge on any atom is 0.336 e. The first-order chi connectivity index (χ1) is 8.65. The van der Waals surface area contributed by atoms with Gasteiger partial charge in [0, 0.05) is 23.3 Å². The molecule has 0 spiro atoms. The second kappa shape index (κ2) is 5.75. The Hall–Kier alpha value is -1.72. The molecule has 0 aliphatic heterocycles. The summed E-state index contributed by atoms with van der Waals surface area (Å²) in [5.74, 6) is -1.15. The van der Waals surface area contributed by atoms with E-state index in [0.717, 1.165) is 10.4 Å². The van der Waals surface area contributed by atoms with Gasteiger partial charge in [0.1, 0.15) is 5.82 Å². The predicted octanol–water partition coefficient (Wildman–Crippen LogP) is 2.88. The summed E-state index contributed by atoms with van der Waals surface area (Å²) < 4.78 is 12.7. The van der Waals surface area contributed by atoms with Gasteiger partial charge in [-0.3, -0.25) is 0 Å². The van der Waals surface area contributed by atoms with Crippen LogP contribution in [-0.2, 0) is 13.1 Å². The van der Waals surface area contributed by atoms with Crippen molar-refractivity contribution in [1.82, 2.24) is 5.32 Å². The van der Waals surface area contributed by atoms with Gasteiger partial charge in [-0.25, -0.2) is 9.18 Å². The van der Waals surface area contributed by atoms with Gasteiger partial charge in [0.25, 0.3) is 0 Å². The summed E-state index contributed by atoms with van der Waals surface area (Å²) >= 11 is 1.41. The fourth-order valence-corrected chi connectivity index (χ4v) is 2.35. The molecule has 0 atom stereocenters. The zero-order valence-corrected chi connectivity index (χ0v) is 10.3. The Kier molecular flexibility index (Phi) is 4.07. The third-order valence-electron chi connectivity index (χ3n) is 2.44. The first kappa shape index (κ1) is 12.7. The number of rotatable bonds is 5. The highest BCUT2D eigenvalue weighted by molar-refractivity contribution is 7.10. The smallest absolute Gasteiger partial charge is 0.336 e. The van der Waals surface area contributed by atoms with Crippen LogP contribution in [0.15, 0.2) is 35.7 Å². The van der Waals surface area contributed by atoms with Gasteiger partial charge >= 0.3 is 5.97 Å². The van der Waals surface area contributed by atoms with Crippen LogP contribution in [0.2, 0.25) is 0 Å². The molecule has 2 aromatic rings. The standard InChI is InChI=1S/C13H12FNO2S/c14-11-3-1-9(2-4-11)6-15-7-12-5-10(8-18-12)13(16)17/h1-5,8,15H,6-7H2,(H,16,17). The number of hydrogen-bond donors (Lipinski definition) is 2. The molecule has 0 radical (unpaired) electrons. The van der Waals surface area contributed by atoms with Gasteiger partial charge < -0.3 is 10.4 Å². The topological polar surface area (TPSA) is 49.3 Å². The highest BCUT2D eigenvalue weighted by atomic mass is 32.1. The van der Waals surface area contributed by atoms with Gasteiger partial charge in [-0.2, -0.15) is 0 Å². The summed E-state index contributed by atoms with van der Waals surface area (Å²) in [6.07, 6.45) is 0. The molecule has 1 heterocycles. The highest BCUT2D eigenvalue weighted by Gasteiger charge is 2.05. The first-order valence-corrected chi connectivity index (χ1v) is 6.29. The summed E-state index contributed by atoms with van der Waals surface area (Å²) in [6, 6.07) is 7.94. The Balaban J connectivity index is 1.84. The molecule has 5 heteroatoms. The Morgan fingerprint density at radius 3 is 2.61 bits per heavy atom. The number of carboxylic acids is 1. The average molecular weight is 265 g/mol. The van der Waals surface area contributed by atoms with Crippen LogP contribution >= 0.6 is 11.3 Å². The molecule has 0 amide bonds. The molecule has 0 fully saturated rings. The van der Waals surface area contributed by atoms with Gasteiger partial charge in [0.05, 0.1) is 5.56 Å². The van der Waals surface area contributed by atoms with E-state index in [4.69, 9.17) is 5.11 Å². The Morgan fingerprint density at radius 2 is 2.00 bits per heavy atom. The summed E-state index contributed by atoms with van der Waals surface area (Å²) in [5.41, 5.74) is 1.31. The van der Waals surface area contributed by atoms with E-state index < -0.39 is 5.97 Å². The van der Waals surface area contributed by atoms with E-state index in [-0.39, 0.29) is 5.82 Å². The van der Waals surface area contributed by atoms with Gasteiger partial charge in [-0.05, 0) is 23.8 Å². The molecule has 18 heavy (non-hydrogen) atoms. The SMILES string of the molecule is O=C(O)c1csc(CNCc2ccc(F)cc2)c1. The van der Waals surface area contributed by atoms with Crippen molar-refractivity contribution in [2.24, 2.45) is 0 Å². The molecular formula is C13H12FNO2S. The lowest BCUT2D eigenvalue weighted by atomic mass is 10.2. The number of hydrogen-bond acceptors (Lipinski definition) is 3. The lowest BCUT2D eigenvalue weighted by Crippen LogP contribution is -2.11. The van der Waals surface area contributed by atoms with Crippen molar-refractivity contribution in [2.75, 3.05) is 0 Å². The third-order valence-corrected chi connectivity index (χ3v) is 3.38. The molecule has 94 valence electrons. The summed E-state index contributed by atoms with van der Waals surface area (Å²) in [5, 5.41) is 13.6. The van der Waals surface area contributed by atoms with Crippen LogP contribution in [0.25, 0.3) is 0 Å². The summed E-state index contributed by atoms with van der Waals surface area (Å²) in [4.78, 5) is 11.7. The van der Waals surface area contributed by atoms with Gasteiger partial charge in [-0.1, -0.05) is 12.1 Å². The number of thiophene rings is 1. The molecule has 0 bridgehead atoms. The van der Waals surface area contributed by atoms with E-state index in [2.05, 4.69) is 5.32 Å². The van der Waals surface area contributed by atoms with Crippen molar-refractivity contribution < 1.29 is 14.3 Å². The van der Waals surface area contributed by atoms with Crippen LogP contribution < -0.4 is 5.32 Å². The number of benzene rings is 1. The lowest BCUT2D eigenvalue weighted by molar-refractivity contribution is 0.0697. The van der Waals surface area contributed by atoms with Crippen LogP contribution in [0.5, 0.6) is 0 Å². The molecule has 1 aromatic carbocycles. The highest BCUT2D eigenvalue weighted by Crippen LogP contribution is 2.14. The fraction of sp³-hybridized carbons (Fsp3) is 0.154. The Labute approximate surface area is 108 Å². The van der Waals surface area contributed by atoms with E-state index in [1.54, 1.807) is 23.6 Å². The van der Waals surface area contributed by atoms with Crippen molar-refractivity contribution in [3.05, 3.63) is 57.5 Å². The first-order valence-electron chi connectivity index (χ1n) is 5.41. The largest absolute Gasteiger partial charge is 0.478 e. The van der Waals surface area contributed by atoms with Crippen LogP contribution in [-0.4, -0.2) is 11.1 Å². The predicted molar refractivity (Wildman–Crippen MR) is 68.2 cm³/mol. The molecule has 1 aromatic heterocycles. The molecule has 2 rings (SSSR count). The molecule has 0 saturated heterocycles. The lowest BCUT2D eigenvalue weighted by Gasteiger charge is -2.03. The van der Waals surface area contributed by atoms with Crippen LogP contribution in [0.1, 0.15) is 20.8 Å². The number of carbonyl (C=O) groups is 1. The molecule has 0 saturated carbocycles. The minimum absolute atomic E-state index is 0.247. The van der Waals surface area contributed by atoms with E-state index >= 15 is 0 Å². The molecule has 3 nitrogen and oxygen atoms in total. The van der Waals surface area contributed by atoms with E-state index in [1.165, 1.54) is 23.5 Å². The number of carboxylic acid groups (broad SMARTS) is 1. The summed E-state index contributed by atoms with van der Waals surface area (Å²) in [7, 11) is 0. The van der Waals surface area contributed by atoms with E-state index in [0.29, 0.717) is 18.7 Å². The van der Waals surface area contributed by atoms with Gasteiger partial charge in [0.2, 0.25) is 0 Å². The van der Waals surface area contributed by atoms with Gasteiger partial charge in [0.15, 0.2) is 0 Å². The molecule has 2 N–H and O–H groups in total. The Morgan fingerprint density at radius 1 is 1.28 bits per heavy atom. The minimum atomic E-state index is -0.906. The molecule has 0 aliphatic rings. The fourth-order valence-electron chi connectivity index (χ4n) is 1.52. The van der Waals surface area contributed by atoms with Crippen molar-refractivity contribution in [1.29, 1.82) is 0 Å². The number of nitrogens with one attached hydrogen (secondary N) is 1. The molecule has 0 unspecified atom stereocenters.